The van der Waals surface area contributed by atoms with Gasteiger partial charge in [-0.25, -0.2) is 4.79 Å². The van der Waals surface area contributed by atoms with Crippen LogP contribution in [0.1, 0.15) is 32.4 Å². The monoisotopic (exact) mass is 283 g/mol. The lowest BCUT2D eigenvalue weighted by Gasteiger charge is -2.32. The first kappa shape index (κ1) is 15.0. The van der Waals surface area contributed by atoms with Crippen LogP contribution in [0.15, 0.2) is 54.9 Å². The number of nitrogens with one attached hydrogen (secondary N) is 2. The van der Waals surface area contributed by atoms with Gasteiger partial charge in [0.1, 0.15) is 0 Å². The van der Waals surface area contributed by atoms with Crippen molar-refractivity contribution in [1.29, 1.82) is 0 Å². The molecule has 1 unspecified atom stereocenters. The predicted octanol–water partition coefficient (Wildman–Crippen LogP) is 3.99. The Kier molecular flexibility index (Phi) is 4.58. The molecule has 4 heteroatoms. The average Bonchev–Trinajstić information content (AvgIpc) is 2.45. The molecule has 0 saturated carbocycles. The quantitative estimate of drug-likeness (QED) is 0.894. The molecule has 2 amide bonds. The van der Waals surface area contributed by atoms with Gasteiger partial charge < -0.3 is 10.6 Å². The molecule has 1 aromatic carbocycles. The lowest BCUT2D eigenvalue weighted by Crippen LogP contribution is -2.39. The van der Waals surface area contributed by atoms with Crippen LogP contribution >= 0.6 is 0 Å². The topological polar surface area (TPSA) is 54.0 Å². The van der Waals surface area contributed by atoms with Crippen LogP contribution in [0.4, 0.5) is 10.5 Å². The van der Waals surface area contributed by atoms with Crippen molar-refractivity contribution in [3.63, 3.8) is 0 Å². The summed E-state index contributed by atoms with van der Waals surface area (Å²) in [6, 6.07) is 13.3. The van der Waals surface area contributed by atoms with Crippen molar-refractivity contribution in [2.75, 3.05) is 5.32 Å². The highest BCUT2D eigenvalue weighted by molar-refractivity contribution is 5.89. The molecule has 4 nitrogen and oxygen atoms in total. The van der Waals surface area contributed by atoms with Gasteiger partial charge in [-0.2, -0.15) is 0 Å². The number of hydrogen-bond acceptors (Lipinski definition) is 2. The van der Waals surface area contributed by atoms with Crippen molar-refractivity contribution >= 4 is 11.7 Å². The van der Waals surface area contributed by atoms with Crippen LogP contribution in [0, 0.1) is 5.41 Å². The summed E-state index contributed by atoms with van der Waals surface area (Å²) in [6.45, 7) is 6.32. The van der Waals surface area contributed by atoms with E-state index in [0.29, 0.717) is 5.69 Å². The number of urea groups is 1. The van der Waals surface area contributed by atoms with Crippen LogP contribution in [-0.4, -0.2) is 11.0 Å². The third-order valence-electron chi connectivity index (χ3n) is 3.19. The summed E-state index contributed by atoms with van der Waals surface area (Å²) in [6.07, 6.45) is 3.29. The van der Waals surface area contributed by atoms with Crippen molar-refractivity contribution in [1.82, 2.24) is 10.3 Å². The normalized spacial score (nSPS) is 12.5. The van der Waals surface area contributed by atoms with E-state index in [1.807, 2.05) is 30.3 Å². The van der Waals surface area contributed by atoms with Crippen molar-refractivity contribution in [3.8, 4) is 0 Å². The Labute approximate surface area is 125 Å². The van der Waals surface area contributed by atoms with Gasteiger partial charge >= 0.3 is 6.03 Å². The molecular formula is C17H21N3O. The Balaban J connectivity index is 2.11. The van der Waals surface area contributed by atoms with E-state index in [9.17, 15) is 4.79 Å². The molecule has 0 bridgehead atoms. The van der Waals surface area contributed by atoms with E-state index in [1.54, 1.807) is 24.5 Å². The Morgan fingerprint density at radius 2 is 1.81 bits per heavy atom. The van der Waals surface area contributed by atoms with Gasteiger partial charge in [-0.1, -0.05) is 51.1 Å². The first-order valence-corrected chi connectivity index (χ1v) is 6.99. The average molecular weight is 283 g/mol. The molecule has 0 fully saturated rings. The number of pyridine rings is 1. The molecule has 0 saturated heterocycles. The third-order valence-corrected chi connectivity index (χ3v) is 3.19. The third kappa shape index (κ3) is 4.31. The SMILES string of the molecule is CC(C)(C)C(NC(=O)Nc1cccnc1)c1ccccc1. The standard InChI is InChI=1S/C17H21N3O/c1-17(2,3)15(13-8-5-4-6-9-13)20-16(21)19-14-10-7-11-18-12-14/h4-12,15H,1-3H3,(H2,19,20,21). The van der Waals surface area contributed by atoms with E-state index in [0.717, 1.165) is 5.56 Å². The van der Waals surface area contributed by atoms with Crippen LogP contribution in [0.3, 0.4) is 0 Å². The number of nitrogens with zero attached hydrogens (tertiary/aromatic N) is 1. The Bertz CT molecular complexity index is 576. The van der Waals surface area contributed by atoms with Gasteiger partial charge in [0, 0.05) is 6.20 Å². The number of amides is 2. The van der Waals surface area contributed by atoms with Gasteiger partial charge in [0.05, 0.1) is 17.9 Å². The first-order chi connectivity index (χ1) is 9.97. The Hall–Kier alpha value is -2.36. The number of benzene rings is 1. The van der Waals surface area contributed by atoms with Crippen LogP contribution in [0.25, 0.3) is 0 Å². The zero-order valence-corrected chi connectivity index (χ0v) is 12.6. The second kappa shape index (κ2) is 6.39. The van der Waals surface area contributed by atoms with E-state index < -0.39 is 0 Å². The molecule has 2 N–H and O–H groups in total. The van der Waals surface area contributed by atoms with Crippen LogP contribution in [0.2, 0.25) is 0 Å². The molecule has 1 aromatic heterocycles. The molecule has 1 heterocycles. The zero-order valence-electron chi connectivity index (χ0n) is 12.6. The summed E-state index contributed by atoms with van der Waals surface area (Å²) >= 11 is 0. The minimum absolute atomic E-state index is 0.0737. The van der Waals surface area contributed by atoms with Crippen molar-refractivity contribution in [3.05, 3.63) is 60.4 Å². The molecule has 21 heavy (non-hydrogen) atoms. The van der Waals surface area contributed by atoms with Gasteiger partial charge in [0.15, 0.2) is 0 Å². The van der Waals surface area contributed by atoms with Gasteiger partial charge in [0.2, 0.25) is 0 Å². The molecule has 0 radical (unpaired) electrons. The summed E-state index contributed by atoms with van der Waals surface area (Å²) in [5, 5.41) is 5.85. The van der Waals surface area contributed by atoms with Crippen molar-refractivity contribution < 1.29 is 4.79 Å². The maximum atomic E-state index is 12.2. The fourth-order valence-corrected chi connectivity index (χ4v) is 2.18. The fourth-order valence-electron chi connectivity index (χ4n) is 2.18. The highest BCUT2D eigenvalue weighted by atomic mass is 16.2. The van der Waals surface area contributed by atoms with E-state index in [-0.39, 0.29) is 17.5 Å². The second-order valence-corrected chi connectivity index (χ2v) is 6.05. The highest BCUT2D eigenvalue weighted by Crippen LogP contribution is 2.32. The summed E-state index contributed by atoms with van der Waals surface area (Å²) in [5.41, 5.74) is 1.68. The second-order valence-electron chi connectivity index (χ2n) is 6.05. The molecule has 110 valence electrons. The summed E-state index contributed by atoms with van der Waals surface area (Å²) < 4.78 is 0. The number of carbonyl (C=O) groups excluding carboxylic acids is 1. The zero-order chi connectivity index (χ0) is 15.3. The number of rotatable bonds is 3. The first-order valence-electron chi connectivity index (χ1n) is 6.99. The van der Waals surface area contributed by atoms with Crippen LogP contribution in [-0.2, 0) is 0 Å². The summed E-state index contributed by atoms with van der Waals surface area (Å²) in [5.74, 6) is 0. The minimum atomic E-state index is -0.230. The largest absolute Gasteiger partial charge is 0.331 e. The molecule has 2 rings (SSSR count). The summed E-state index contributed by atoms with van der Waals surface area (Å²) in [4.78, 5) is 16.2. The lowest BCUT2D eigenvalue weighted by atomic mass is 9.82. The number of aromatic nitrogens is 1. The number of anilines is 1. The van der Waals surface area contributed by atoms with E-state index in [4.69, 9.17) is 0 Å². The lowest BCUT2D eigenvalue weighted by molar-refractivity contribution is 0.229. The molecule has 0 aliphatic carbocycles. The molecule has 0 aliphatic heterocycles. The van der Waals surface area contributed by atoms with Crippen molar-refractivity contribution in [2.24, 2.45) is 5.41 Å². The molecular weight excluding hydrogens is 262 g/mol. The smallest absolute Gasteiger partial charge is 0.319 e. The Morgan fingerprint density at radius 1 is 1.10 bits per heavy atom. The predicted molar refractivity (Wildman–Crippen MR) is 85.0 cm³/mol. The highest BCUT2D eigenvalue weighted by Gasteiger charge is 2.27. The molecule has 0 spiro atoms. The fraction of sp³-hybridized carbons (Fsp3) is 0.294. The maximum Gasteiger partial charge on any atom is 0.319 e. The number of carbonyl (C=O) groups is 1. The van der Waals surface area contributed by atoms with Gasteiger partial charge in [-0.05, 0) is 23.1 Å². The Morgan fingerprint density at radius 3 is 2.38 bits per heavy atom. The van der Waals surface area contributed by atoms with Gasteiger partial charge in [0.25, 0.3) is 0 Å². The minimum Gasteiger partial charge on any atom is -0.331 e. The van der Waals surface area contributed by atoms with Crippen LogP contribution in [0.5, 0.6) is 0 Å². The number of hydrogen-bond donors (Lipinski definition) is 2. The van der Waals surface area contributed by atoms with E-state index in [2.05, 4.69) is 36.4 Å². The van der Waals surface area contributed by atoms with E-state index >= 15 is 0 Å². The molecule has 2 aromatic rings. The van der Waals surface area contributed by atoms with Gasteiger partial charge in [-0.3, -0.25) is 4.98 Å². The maximum absolute atomic E-state index is 12.2. The molecule has 0 aliphatic rings. The van der Waals surface area contributed by atoms with Crippen molar-refractivity contribution in [2.45, 2.75) is 26.8 Å². The van der Waals surface area contributed by atoms with Gasteiger partial charge in [-0.15, -0.1) is 0 Å². The summed E-state index contributed by atoms with van der Waals surface area (Å²) in [7, 11) is 0. The van der Waals surface area contributed by atoms with Crippen LogP contribution < -0.4 is 10.6 Å². The van der Waals surface area contributed by atoms with E-state index in [1.165, 1.54) is 0 Å². The molecule has 1 atom stereocenters.